The van der Waals surface area contributed by atoms with Crippen LogP contribution in [0.3, 0.4) is 0 Å². The number of rotatable bonds is 4. The molecule has 130 valence electrons. The van der Waals surface area contributed by atoms with Gasteiger partial charge in [-0.05, 0) is 18.2 Å². The predicted molar refractivity (Wildman–Crippen MR) is 97.9 cm³/mol. The minimum absolute atomic E-state index is 0.00625. The third-order valence-corrected chi connectivity index (χ3v) is 4.86. The molecule has 0 spiro atoms. The van der Waals surface area contributed by atoms with Gasteiger partial charge in [-0.3, -0.25) is 0 Å². The van der Waals surface area contributed by atoms with Crippen LogP contribution in [0.25, 0.3) is 22.4 Å². The number of aromatic nitrogens is 3. The summed E-state index contributed by atoms with van der Waals surface area (Å²) in [6, 6.07) is 9.93. The minimum atomic E-state index is -0.175. The number of benzene rings is 1. The molecule has 1 aliphatic rings. The van der Waals surface area contributed by atoms with Crippen molar-refractivity contribution in [3.05, 3.63) is 39.8 Å². The number of fused-ring (bicyclic) bond motifs is 1. The molecule has 1 saturated heterocycles. The van der Waals surface area contributed by atoms with Gasteiger partial charge < -0.3 is 19.6 Å². The second-order valence-corrected chi connectivity index (χ2v) is 7.18. The summed E-state index contributed by atoms with van der Waals surface area (Å²) < 4.78 is 12.2. The van der Waals surface area contributed by atoms with Crippen molar-refractivity contribution in [1.82, 2.24) is 15.0 Å². The van der Waals surface area contributed by atoms with Crippen LogP contribution in [0.2, 0.25) is 5.02 Å². The Hall–Kier alpha value is -1.67. The van der Waals surface area contributed by atoms with E-state index in [2.05, 4.69) is 30.9 Å². The van der Waals surface area contributed by atoms with Gasteiger partial charge in [0.2, 0.25) is 0 Å². The molecule has 3 aromatic rings. The zero-order chi connectivity index (χ0) is 17.4. The number of hydrogen-bond acceptors (Lipinski definition) is 5. The number of nitrogens with one attached hydrogen (secondary N) is 1. The lowest BCUT2D eigenvalue weighted by Crippen LogP contribution is -2.17. The molecule has 25 heavy (non-hydrogen) atoms. The first-order valence-electron chi connectivity index (χ1n) is 7.83. The van der Waals surface area contributed by atoms with Gasteiger partial charge in [-0.2, -0.15) is 4.98 Å². The van der Waals surface area contributed by atoms with E-state index in [1.807, 2.05) is 24.3 Å². The minimum Gasteiger partial charge on any atom is -0.459 e. The van der Waals surface area contributed by atoms with Gasteiger partial charge in [-0.25, -0.2) is 4.98 Å². The Morgan fingerprint density at radius 2 is 2.12 bits per heavy atom. The van der Waals surface area contributed by atoms with Crippen LogP contribution in [-0.2, 0) is 4.74 Å². The monoisotopic (exact) mass is 423 g/mol. The molecule has 0 saturated carbocycles. The topological polar surface area (TPSA) is 80.3 Å². The van der Waals surface area contributed by atoms with E-state index < -0.39 is 0 Å². The number of imidazole rings is 1. The molecule has 2 aromatic heterocycles. The summed E-state index contributed by atoms with van der Waals surface area (Å²) in [5.41, 5.74) is 2.83. The van der Waals surface area contributed by atoms with Gasteiger partial charge in [-0.1, -0.05) is 39.7 Å². The van der Waals surface area contributed by atoms with Crippen molar-refractivity contribution in [1.29, 1.82) is 0 Å². The van der Waals surface area contributed by atoms with E-state index in [1.54, 1.807) is 6.07 Å². The van der Waals surface area contributed by atoms with E-state index in [9.17, 15) is 0 Å². The smallest absolute Gasteiger partial charge is 0.296 e. The summed E-state index contributed by atoms with van der Waals surface area (Å²) in [4.78, 5) is 12.0. The molecular weight excluding hydrogens is 410 g/mol. The quantitative estimate of drug-likeness (QED) is 0.669. The van der Waals surface area contributed by atoms with Gasteiger partial charge in [0.25, 0.3) is 6.01 Å². The average Bonchev–Trinajstić information content (AvgIpc) is 3.21. The second-order valence-electron chi connectivity index (χ2n) is 5.85. The van der Waals surface area contributed by atoms with Crippen molar-refractivity contribution in [2.75, 3.05) is 13.2 Å². The van der Waals surface area contributed by atoms with Crippen molar-refractivity contribution in [3.8, 4) is 17.3 Å². The van der Waals surface area contributed by atoms with Crippen LogP contribution in [0.1, 0.15) is 6.42 Å². The first-order chi connectivity index (χ1) is 12.1. The number of aliphatic hydroxyl groups is 1. The van der Waals surface area contributed by atoms with Crippen LogP contribution < -0.4 is 4.74 Å². The molecule has 0 radical (unpaired) electrons. The van der Waals surface area contributed by atoms with E-state index >= 15 is 0 Å². The van der Waals surface area contributed by atoms with Crippen LogP contribution in [0, 0.1) is 0 Å². The Morgan fingerprint density at radius 1 is 1.32 bits per heavy atom. The molecule has 0 aliphatic carbocycles. The number of pyridine rings is 1. The number of ether oxygens (including phenoxy) is 2. The van der Waals surface area contributed by atoms with E-state index in [4.69, 9.17) is 26.2 Å². The first kappa shape index (κ1) is 16.8. The molecule has 3 heterocycles. The van der Waals surface area contributed by atoms with Gasteiger partial charge in [0, 0.05) is 16.5 Å². The maximum atomic E-state index is 9.12. The highest BCUT2D eigenvalue weighted by Crippen LogP contribution is 2.30. The molecular formula is C17H15BrClN3O3. The second kappa shape index (κ2) is 6.92. The Balaban J connectivity index is 1.61. The molecule has 2 N–H and O–H groups in total. The lowest BCUT2D eigenvalue weighted by molar-refractivity contribution is 0.0528. The summed E-state index contributed by atoms with van der Waals surface area (Å²) in [7, 11) is 0. The van der Waals surface area contributed by atoms with Crippen LogP contribution in [-0.4, -0.2) is 45.5 Å². The fourth-order valence-corrected chi connectivity index (χ4v) is 3.33. The number of aliphatic hydroxyl groups excluding tert-OH is 1. The number of hydrogen-bond donors (Lipinski definition) is 2. The number of aromatic amines is 1. The van der Waals surface area contributed by atoms with Crippen molar-refractivity contribution >= 4 is 38.7 Å². The molecule has 2 atom stereocenters. The van der Waals surface area contributed by atoms with Gasteiger partial charge in [0.1, 0.15) is 6.10 Å². The maximum Gasteiger partial charge on any atom is 0.296 e. The van der Waals surface area contributed by atoms with Gasteiger partial charge in [0.05, 0.1) is 35.6 Å². The lowest BCUT2D eigenvalue weighted by atomic mass is 10.1. The summed E-state index contributed by atoms with van der Waals surface area (Å²) in [6.07, 6.45) is 0.316. The third-order valence-electron chi connectivity index (χ3n) is 4.05. The first-order valence-corrected chi connectivity index (χ1v) is 9.01. The zero-order valence-electron chi connectivity index (χ0n) is 13.1. The van der Waals surface area contributed by atoms with Crippen LogP contribution in [0.15, 0.2) is 34.8 Å². The van der Waals surface area contributed by atoms with Gasteiger partial charge >= 0.3 is 0 Å². The van der Waals surface area contributed by atoms with Gasteiger partial charge in [0.15, 0.2) is 5.65 Å². The molecule has 1 aromatic carbocycles. The van der Waals surface area contributed by atoms with Crippen LogP contribution >= 0.6 is 27.5 Å². The predicted octanol–water partition coefficient (Wildman–Crippen LogP) is 3.57. The molecule has 1 fully saturated rings. The highest BCUT2D eigenvalue weighted by molar-refractivity contribution is 9.10. The van der Waals surface area contributed by atoms with Gasteiger partial charge in [-0.15, -0.1) is 0 Å². The van der Waals surface area contributed by atoms with Crippen LogP contribution in [0.4, 0.5) is 0 Å². The number of halogens is 2. The summed E-state index contributed by atoms with van der Waals surface area (Å²) in [6.45, 7) is 0.425. The SMILES string of the molecule is OCC1CC(Oc2nc3nc(-c4ccc(Br)cc4)c(Cl)cc3[nH]2)CO1. The molecule has 0 amide bonds. The van der Waals surface area contributed by atoms with Crippen molar-refractivity contribution < 1.29 is 14.6 Å². The Morgan fingerprint density at radius 3 is 2.84 bits per heavy atom. The Kier molecular flexibility index (Phi) is 4.64. The van der Waals surface area contributed by atoms with Crippen molar-refractivity contribution in [2.24, 2.45) is 0 Å². The highest BCUT2D eigenvalue weighted by Gasteiger charge is 2.27. The van der Waals surface area contributed by atoms with E-state index in [0.29, 0.717) is 40.9 Å². The molecule has 4 rings (SSSR count). The summed E-state index contributed by atoms with van der Waals surface area (Å²) >= 11 is 9.80. The Labute approximate surface area is 157 Å². The highest BCUT2D eigenvalue weighted by atomic mass is 79.9. The van der Waals surface area contributed by atoms with E-state index in [1.165, 1.54) is 0 Å². The standard InChI is InChI=1S/C17H15BrClN3O3/c18-10-3-1-9(2-4-10)15-13(19)6-14-16(21-15)22-17(20-14)25-12-5-11(7-23)24-8-12/h1-4,6,11-12,23H,5,7-8H2,(H,20,21,22). The van der Waals surface area contributed by atoms with Crippen molar-refractivity contribution in [3.63, 3.8) is 0 Å². The normalized spacial score (nSPS) is 20.3. The molecule has 6 nitrogen and oxygen atoms in total. The molecule has 0 bridgehead atoms. The zero-order valence-corrected chi connectivity index (χ0v) is 15.4. The third kappa shape index (κ3) is 3.50. The largest absolute Gasteiger partial charge is 0.459 e. The number of nitrogens with zero attached hydrogens (tertiary/aromatic N) is 2. The summed E-state index contributed by atoms with van der Waals surface area (Å²) in [5, 5.41) is 9.66. The Bertz CT molecular complexity index is 900. The summed E-state index contributed by atoms with van der Waals surface area (Å²) in [5.74, 6) is 0. The maximum absolute atomic E-state index is 9.12. The fraction of sp³-hybridized carbons (Fsp3) is 0.294. The van der Waals surface area contributed by atoms with E-state index in [-0.39, 0.29) is 18.8 Å². The number of H-pyrrole nitrogens is 1. The van der Waals surface area contributed by atoms with E-state index in [0.717, 1.165) is 10.0 Å². The average molecular weight is 425 g/mol. The molecule has 2 unspecified atom stereocenters. The van der Waals surface area contributed by atoms with Crippen LogP contribution in [0.5, 0.6) is 6.01 Å². The molecule has 8 heteroatoms. The fourth-order valence-electron chi connectivity index (χ4n) is 2.80. The lowest BCUT2D eigenvalue weighted by Gasteiger charge is -2.07. The van der Waals surface area contributed by atoms with Crippen molar-refractivity contribution in [2.45, 2.75) is 18.6 Å². The molecule has 1 aliphatic heterocycles.